The van der Waals surface area contributed by atoms with Crippen molar-refractivity contribution in [3.8, 4) is 11.5 Å². The molecule has 2 atom stereocenters. The molecule has 0 saturated carbocycles. The molecule has 2 aliphatic rings. The largest absolute Gasteiger partial charge is 0.490 e. The number of hydrogen-bond acceptors (Lipinski definition) is 10. The summed E-state index contributed by atoms with van der Waals surface area (Å²) < 4.78 is 17.9. The zero-order chi connectivity index (χ0) is 28.9. The summed E-state index contributed by atoms with van der Waals surface area (Å²) in [6.45, 7) is 6.87. The van der Waals surface area contributed by atoms with Gasteiger partial charge in [-0.2, -0.15) is 0 Å². The van der Waals surface area contributed by atoms with E-state index in [-0.39, 0.29) is 12.5 Å². The average Bonchev–Trinajstić information content (AvgIpc) is 3.35. The fraction of sp³-hybridized carbons (Fsp3) is 0.300. The molecule has 2 aromatic carbocycles. The van der Waals surface area contributed by atoms with Crippen LogP contribution in [0.5, 0.6) is 11.5 Å². The molecular formula is C30H30ClN7O4. The van der Waals surface area contributed by atoms with Gasteiger partial charge >= 0.3 is 0 Å². The Balaban J connectivity index is 1.18. The highest BCUT2D eigenvalue weighted by Crippen LogP contribution is 2.35. The topological polar surface area (TPSA) is 124 Å². The highest BCUT2D eigenvalue weighted by molar-refractivity contribution is 6.32. The highest BCUT2D eigenvalue weighted by Gasteiger charge is 2.33. The van der Waals surface area contributed by atoms with Crippen molar-refractivity contribution >= 4 is 45.6 Å². The van der Waals surface area contributed by atoms with Crippen LogP contribution in [-0.2, 0) is 16.1 Å². The fourth-order valence-electron chi connectivity index (χ4n) is 5.14. The molecule has 0 radical (unpaired) electrons. The summed E-state index contributed by atoms with van der Waals surface area (Å²) in [5.41, 5.74) is 2.54. The standard InChI is InChI=1S/C30H30ClN7O4/c1-2-29(39)37-26-12-23-25(13-28(26)40-10-9-38-15-21-4-5-22(16-38)42-21)34-18-35-30(23)36-19-3-6-27(24(31)11-19)41-17-20-14-32-7-8-33-20/h2-3,6-8,11-14,18,21-22H,1,4-5,9-10,15-17H2,(H,37,39)(H,34,35,36). The van der Waals surface area contributed by atoms with Gasteiger partial charge in [-0.25, -0.2) is 9.97 Å². The lowest BCUT2D eigenvalue weighted by molar-refractivity contribution is -0.111. The summed E-state index contributed by atoms with van der Waals surface area (Å²) >= 11 is 6.51. The zero-order valence-corrected chi connectivity index (χ0v) is 23.6. The number of carbonyl (C=O) groups excluding carboxylic acids is 1. The van der Waals surface area contributed by atoms with Crippen LogP contribution in [0.25, 0.3) is 10.9 Å². The number of benzene rings is 2. The van der Waals surface area contributed by atoms with Gasteiger partial charge in [-0.05, 0) is 43.2 Å². The molecule has 2 aliphatic heterocycles. The zero-order valence-electron chi connectivity index (χ0n) is 22.8. The molecule has 4 aromatic rings. The van der Waals surface area contributed by atoms with E-state index in [4.69, 9.17) is 25.8 Å². The van der Waals surface area contributed by atoms with Crippen LogP contribution in [0.15, 0.2) is 67.9 Å². The van der Waals surface area contributed by atoms with Crippen molar-refractivity contribution < 1.29 is 19.0 Å². The van der Waals surface area contributed by atoms with Crippen LogP contribution >= 0.6 is 11.6 Å². The fourth-order valence-corrected chi connectivity index (χ4v) is 5.37. The third-order valence-electron chi connectivity index (χ3n) is 7.15. The van der Waals surface area contributed by atoms with Crippen LogP contribution < -0.4 is 20.1 Å². The number of halogens is 1. The summed E-state index contributed by atoms with van der Waals surface area (Å²) in [6.07, 6.45) is 10.4. The summed E-state index contributed by atoms with van der Waals surface area (Å²) in [5.74, 6) is 1.22. The first-order valence-electron chi connectivity index (χ1n) is 13.7. The molecule has 2 bridgehead atoms. The smallest absolute Gasteiger partial charge is 0.247 e. The molecule has 0 spiro atoms. The number of amides is 1. The molecular weight excluding hydrogens is 558 g/mol. The Morgan fingerprint density at radius 2 is 1.95 bits per heavy atom. The summed E-state index contributed by atoms with van der Waals surface area (Å²) in [4.78, 5) is 31.8. The van der Waals surface area contributed by atoms with Crippen LogP contribution in [0.1, 0.15) is 18.5 Å². The van der Waals surface area contributed by atoms with E-state index in [0.717, 1.165) is 32.5 Å². The number of nitrogens with one attached hydrogen (secondary N) is 2. The number of ether oxygens (including phenoxy) is 3. The minimum Gasteiger partial charge on any atom is -0.490 e. The van der Waals surface area contributed by atoms with Crippen LogP contribution in [0.2, 0.25) is 5.02 Å². The molecule has 2 unspecified atom stereocenters. The number of likely N-dealkylation sites (tertiary alicyclic amines) is 1. The van der Waals surface area contributed by atoms with Crippen molar-refractivity contribution in [3.63, 3.8) is 0 Å². The van der Waals surface area contributed by atoms with Gasteiger partial charge in [0.2, 0.25) is 5.91 Å². The molecule has 4 heterocycles. The van der Waals surface area contributed by atoms with Crippen molar-refractivity contribution in [1.82, 2.24) is 24.8 Å². The Hall–Kier alpha value is -4.32. The molecule has 216 valence electrons. The van der Waals surface area contributed by atoms with Gasteiger partial charge in [-0.3, -0.25) is 19.7 Å². The van der Waals surface area contributed by atoms with Crippen molar-refractivity contribution in [2.24, 2.45) is 0 Å². The first kappa shape index (κ1) is 27.8. The lowest BCUT2D eigenvalue weighted by Gasteiger charge is -2.31. The van der Waals surface area contributed by atoms with Crippen LogP contribution in [-0.4, -0.2) is 69.2 Å². The maximum Gasteiger partial charge on any atom is 0.247 e. The number of nitrogens with zero attached hydrogens (tertiary/aromatic N) is 5. The van der Waals surface area contributed by atoms with E-state index in [1.807, 2.05) is 6.07 Å². The van der Waals surface area contributed by atoms with Crippen molar-refractivity contribution in [2.75, 3.05) is 36.9 Å². The molecule has 2 saturated heterocycles. The summed E-state index contributed by atoms with van der Waals surface area (Å²) in [5, 5.41) is 7.26. The number of carbonyl (C=O) groups is 1. The van der Waals surface area contributed by atoms with E-state index in [1.54, 1.807) is 42.9 Å². The van der Waals surface area contributed by atoms with E-state index >= 15 is 0 Å². The molecule has 2 aromatic heterocycles. The van der Waals surface area contributed by atoms with Gasteiger partial charge in [0.1, 0.15) is 36.9 Å². The second-order valence-corrected chi connectivity index (χ2v) is 10.5. The molecule has 1 amide bonds. The minimum atomic E-state index is -0.348. The highest BCUT2D eigenvalue weighted by atomic mass is 35.5. The molecule has 42 heavy (non-hydrogen) atoms. The van der Waals surface area contributed by atoms with Gasteiger partial charge in [0.05, 0.1) is 40.3 Å². The lowest BCUT2D eigenvalue weighted by atomic mass is 10.1. The predicted molar refractivity (Wildman–Crippen MR) is 159 cm³/mol. The molecule has 2 N–H and O–H groups in total. The molecule has 0 aliphatic carbocycles. The van der Waals surface area contributed by atoms with E-state index in [2.05, 4.69) is 42.0 Å². The maximum atomic E-state index is 12.3. The normalized spacial score (nSPS) is 18.0. The van der Waals surface area contributed by atoms with Gasteiger partial charge < -0.3 is 24.8 Å². The summed E-state index contributed by atoms with van der Waals surface area (Å²) in [6, 6.07) is 8.95. The number of aromatic nitrogens is 4. The van der Waals surface area contributed by atoms with Gasteiger partial charge in [-0.15, -0.1) is 0 Å². The van der Waals surface area contributed by atoms with Crippen molar-refractivity contribution in [2.45, 2.75) is 31.7 Å². The average molecular weight is 588 g/mol. The Bertz CT molecular complexity index is 1580. The van der Waals surface area contributed by atoms with Gasteiger partial charge in [0.25, 0.3) is 0 Å². The monoisotopic (exact) mass is 587 g/mol. The molecule has 11 nitrogen and oxygen atoms in total. The molecule has 6 rings (SSSR count). The summed E-state index contributed by atoms with van der Waals surface area (Å²) in [7, 11) is 0. The Morgan fingerprint density at radius 1 is 1.10 bits per heavy atom. The van der Waals surface area contributed by atoms with E-state index in [0.29, 0.717) is 69.1 Å². The predicted octanol–water partition coefficient (Wildman–Crippen LogP) is 4.76. The maximum absolute atomic E-state index is 12.3. The van der Waals surface area contributed by atoms with Crippen LogP contribution in [0, 0.1) is 0 Å². The quantitative estimate of drug-likeness (QED) is 0.237. The second-order valence-electron chi connectivity index (χ2n) is 10.1. The molecule has 12 heteroatoms. The SMILES string of the molecule is C=CC(=O)Nc1cc2c(Nc3ccc(OCc4cnccn4)c(Cl)c3)ncnc2cc1OCCN1CC2CCC(C1)O2. The van der Waals surface area contributed by atoms with Crippen LogP contribution in [0.4, 0.5) is 17.2 Å². The third-order valence-corrected chi connectivity index (χ3v) is 7.45. The molecule has 2 fully saturated rings. The van der Waals surface area contributed by atoms with Crippen molar-refractivity contribution in [1.29, 1.82) is 0 Å². The number of fused-ring (bicyclic) bond motifs is 3. The van der Waals surface area contributed by atoms with Gasteiger partial charge in [0, 0.05) is 49.2 Å². The Kier molecular flexibility index (Phi) is 8.40. The third kappa shape index (κ3) is 6.59. The van der Waals surface area contributed by atoms with Crippen molar-refractivity contribution in [3.05, 3.63) is 78.6 Å². The van der Waals surface area contributed by atoms with Gasteiger partial charge in [-0.1, -0.05) is 18.2 Å². The van der Waals surface area contributed by atoms with E-state index < -0.39 is 0 Å². The lowest BCUT2D eigenvalue weighted by Crippen LogP contribution is -2.44. The number of morpholine rings is 1. The first-order chi connectivity index (χ1) is 20.5. The number of rotatable bonds is 11. The Morgan fingerprint density at radius 3 is 2.71 bits per heavy atom. The van der Waals surface area contributed by atoms with Crippen LogP contribution in [0.3, 0.4) is 0 Å². The first-order valence-corrected chi connectivity index (χ1v) is 14.1. The minimum absolute atomic E-state index is 0.244. The Labute approximate surface area is 247 Å². The number of hydrogen-bond donors (Lipinski definition) is 2. The number of anilines is 3. The second kappa shape index (κ2) is 12.7. The van der Waals surface area contributed by atoms with E-state index in [9.17, 15) is 4.79 Å². The van der Waals surface area contributed by atoms with Gasteiger partial charge in [0.15, 0.2) is 0 Å². The van der Waals surface area contributed by atoms with E-state index in [1.165, 1.54) is 12.4 Å².